The Balaban J connectivity index is 1.43. The molecule has 2 heterocycles. The molecule has 45 heavy (non-hydrogen) atoms. The Hall–Kier alpha value is -5.39. The predicted molar refractivity (Wildman–Crippen MR) is 189 cm³/mol. The van der Waals surface area contributed by atoms with E-state index in [0.717, 1.165) is 65.7 Å². The third kappa shape index (κ3) is 5.91. The van der Waals surface area contributed by atoms with Crippen molar-refractivity contribution in [3.63, 3.8) is 0 Å². The van der Waals surface area contributed by atoms with Crippen LogP contribution in [-0.4, -0.2) is 15.0 Å². The number of allylic oxidation sites excluding steroid dienone is 2. The van der Waals surface area contributed by atoms with Crippen LogP contribution in [0.15, 0.2) is 149 Å². The van der Waals surface area contributed by atoms with Gasteiger partial charge in [-0.05, 0) is 59.5 Å². The molecule has 0 atom stereocenters. The summed E-state index contributed by atoms with van der Waals surface area (Å²) >= 11 is 3.40. The van der Waals surface area contributed by atoms with E-state index in [0.29, 0.717) is 17.5 Å². The summed E-state index contributed by atoms with van der Waals surface area (Å²) in [4.78, 5) is 15.2. The van der Waals surface area contributed by atoms with E-state index in [-0.39, 0.29) is 0 Å². The molecule has 0 aliphatic carbocycles. The normalized spacial score (nSPS) is 11.3. The fraction of sp³-hybridized carbons (Fsp3) is 0.0250. The van der Waals surface area contributed by atoms with Gasteiger partial charge in [0.1, 0.15) is 11.3 Å². The maximum atomic E-state index is 6.25. The molecule has 0 amide bonds. The van der Waals surface area contributed by atoms with E-state index in [9.17, 15) is 0 Å². The summed E-state index contributed by atoms with van der Waals surface area (Å²) in [6, 6.07) is 43.4. The van der Waals surface area contributed by atoms with Gasteiger partial charge >= 0.3 is 0 Å². The lowest BCUT2D eigenvalue weighted by molar-refractivity contribution is 0.601. The van der Waals surface area contributed by atoms with Crippen molar-refractivity contribution in [1.29, 1.82) is 0 Å². The van der Waals surface area contributed by atoms with E-state index in [2.05, 4.69) is 90.1 Å². The van der Waals surface area contributed by atoms with Gasteiger partial charge in [-0.1, -0.05) is 132 Å². The molecule has 216 valence electrons. The minimum atomic E-state index is 0.583. The standard InChI is InChI=1S/C40H28BrN3O/c1-26(41)22-23-35-27(2)37-34(20-11-21-36(37)45-35)40-43-38(32-18-9-16-30(24-32)28-12-5-3-6-13-28)42-39(44-40)33-19-10-17-31(25-33)29-14-7-4-8-15-29/h3-25H,1H2,2H3/b23-22-. The van der Waals surface area contributed by atoms with Crippen LogP contribution < -0.4 is 0 Å². The second-order valence-electron chi connectivity index (χ2n) is 10.8. The third-order valence-corrected chi connectivity index (χ3v) is 8.00. The zero-order chi connectivity index (χ0) is 30.8. The lowest BCUT2D eigenvalue weighted by Gasteiger charge is -2.11. The number of rotatable bonds is 7. The van der Waals surface area contributed by atoms with Crippen molar-refractivity contribution in [3.8, 4) is 56.4 Å². The molecular formula is C40H28BrN3O. The molecule has 2 aromatic heterocycles. The van der Waals surface area contributed by atoms with Crippen LogP contribution in [0.4, 0.5) is 0 Å². The Morgan fingerprint density at radius 3 is 1.64 bits per heavy atom. The summed E-state index contributed by atoms with van der Waals surface area (Å²) in [6.45, 7) is 5.97. The van der Waals surface area contributed by atoms with Gasteiger partial charge in [-0.2, -0.15) is 0 Å². The summed E-state index contributed by atoms with van der Waals surface area (Å²) in [7, 11) is 0. The van der Waals surface area contributed by atoms with Gasteiger partial charge in [0.15, 0.2) is 17.5 Å². The highest BCUT2D eigenvalue weighted by atomic mass is 79.9. The Labute approximate surface area is 270 Å². The smallest absolute Gasteiger partial charge is 0.164 e. The first-order valence-electron chi connectivity index (χ1n) is 14.7. The van der Waals surface area contributed by atoms with Crippen LogP contribution in [0.3, 0.4) is 0 Å². The molecule has 0 radical (unpaired) electrons. The molecule has 5 aromatic carbocycles. The van der Waals surface area contributed by atoms with Crippen LogP contribution in [0.1, 0.15) is 11.3 Å². The summed E-state index contributed by atoms with van der Waals surface area (Å²) < 4.78 is 7.02. The molecule has 0 spiro atoms. The monoisotopic (exact) mass is 645 g/mol. The summed E-state index contributed by atoms with van der Waals surface area (Å²) in [5, 5.41) is 0.969. The van der Waals surface area contributed by atoms with Crippen LogP contribution in [0.5, 0.6) is 0 Å². The maximum Gasteiger partial charge on any atom is 0.164 e. The number of halogens is 1. The fourth-order valence-corrected chi connectivity index (χ4v) is 5.66. The molecule has 7 aromatic rings. The molecule has 0 saturated carbocycles. The Kier molecular flexibility index (Phi) is 7.76. The molecule has 0 unspecified atom stereocenters. The van der Waals surface area contributed by atoms with E-state index in [1.54, 1.807) is 0 Å². The predicted octanol–water partition coefficient (Wildman–Crippen LogP) is 11.2. The number of nitrogens with zero attached hydrogens (tertiary/aromatic N) is 3. The highest BCUT2D eigenvalue weighted by molar-refractivity contribution is 9.11. The van der Waals surface area contributed by atoms with E-state index < -0.39 is 0 Å². The number of benzene rings is 5. The van der Waals surface area contributed by atoms with E-state index >= 15 is 0 Å². The average molecular weight is 647 g/mol. The molecule has 5 heteroatoms. The van der Waals surface area contributed by atoms with Crippen LogP contribution >= 0.6 is 15.9 Å². The maximum absolute atomic E-state index is 6.25. The summed E-state index contributed by atoms with van der Waals surface area (Å²) in [5.74, 6) is 2.55. The lowest BCUT2D eigenvalue weighted by atomic mass is 10.0. The largest absolute Gasteiger partial charge is 0.456 e. The van der Waals surface area contributed by atoms with Crippen LogP contribution in [0, 0.1) is 6.92 Å². The lowest BCUT2D eigenvalue weighted by Crippen LogP contribution is -2.01. The van der Waals surface area contributed by atoms with Gasteiger partial charge in [-0.15, -0.1) is 0 Å². The van der Waals surface area contributed by atoms with Crippen molar-refractivity contribution in [2.45, 2.75) is 6.92 Å². The number of hydrogen-bond donors (Lipinski definition) is 0. The summed E-state index contributed by atoms with van der Waals surface area (Å²) in [5.41, 5.74) is 8.95. The van der Waals surface area contributed by atoms with Gasteiger partial charge < -0.3 is 4.42 Å². The van der Waals surface area contributed by atoms with Crippen molar-refractivity contribution < 1.29 is 4.42 Å². The van der Waals surface area contributed by atoms with Crippen molar-refractivity contribution in [2.24, 2.45) is 0 Å². The Bertz CT molecular complexity index is 2100. The number of hydrogen-bond acceptors (Lipinski definition) is 4. The highest BCUT2D eigenvalue weighted by Gasteiger charge is 2.19. The second-order valence-corrected chi connectivity index (χ2v) is 11.8. The topological polar surface area (TPSA) is 51.8 Å². The van der Waals surface area contributed by atoms with E-state index in [1.165, 1.54) is 0 Å². The Morgan fingerprint density at radius 2 is 1.09 bits per heavy atom. The minimum absolute atomic E-state index is 0.583. The van der Waals surface area contributed by atoms with Crippen LogP contribution in [0.2, 0.25) is 0 Å². The van der Waals surface area contributed by atoms with Gasteiger partial charge in [0, 0.05) is 32.1 Å². The van der Waals surface area contributed by atoms with Crippen molar-refractivity contribution in [3.05, 3.63) is 156 Å². The molecule has 0 fully saturated rings. The molecule has 7 rings (SSSR count). The highest BCUT2D eigenvalue weighted by Crippen LogP contribution is 2.36. The molecule has 0 bridgehead atoms. The zero-order valence-electron chi connectivity index (χ0n) is 24.6. The van der Waals surface area contributed by atoms with Crippen molar-refractivity contribution in [2.75, 3.05) is 0 Å². The quantitative estimate of drug-likeness (QED) is 0.162. The van der Waals surface area contributed by atoms with E-state index in [4.69, 9.17) is 19.4 Å². The molecule has 0 aliphatic rings. The number of furan rings is 1. The first kappa shape index (κ1) is 28.4. The molecule has 0 aliphatic heterocycles. The van der Waals surface area contributed by atoms with Crippen LogP contribution in [-0.2, 0) is 0 Å². The Morgan fingerprint density at radius 1 is 0.600 bits per heavy atom. The number of fused-ring (bicyclic) bond motifs is 1. The zero-order valence-corrected chi connectivity index (χ0v) is 26.2. The van der Waals surface area contributed by atoms with Crippen LogP contribution in [0.25, 0.3) is 73.5 Å². The molecular weight excluding hydrogens is 618 g/mol. The van der Waals surface area contributed by atoms with Gasteiger partial charge in [0.05, 0.1) is 0 Å². The molecule has 0 saturated heterocycles. The van der Waals surface area contributed by atoms with Crippen molar-refractivity contribution in [1.82, 2.24) is 15.0 Å². The van der Waals surface area contributed by atoms with E-state index in [1.807, 2.05) is 78.9 Å². The molecule has 0 N–H and O–H groups in total. The third-order valence-electron chi connectivity index (χ3n) is 7.74. The van der Waals surface area contributed by atoms with Gasteiger partial charge in [0.2, 0.25) is 0 Å². The van der Waals surface area contributed by atoms with Gasteiger partial charge in [-0.25, -0.2) is 15.0 Å². The first-order valence-corrected chi connectivity index (χ1v) is 15.5. The fourth-order valence-electron chi connectivity index (χ4n) is 5.52. The van der Waals surface area contributed by atoms with Crippen molar-refractivity contribution >= 4 is 33.0 Å². The summed E-state index contributed by atoms with van der Waals surface area (Å²) in [6.07, 6.45) is 3.80. The minimum Gasteiger partial charge on any atom is -0.456 e. The second kappa shape index (κ2) is 12.3. The number of aromatic nitrogens is 3. The number of aryl methyl sites for hydroxylation is 1. The first-order chi connectivity index (χ1) is 22.0. The van der Waals surface area contributed by atoms with Gasteiger partial charge in [-0.3, -0.25) is 0 Å². The molecule has 4 nitrogen and oxygen atoms in total. The van der Waals surface area contributed by atoms with Gasteiger partial charge in [0.25, 0.3) is 0 Å². The average Bonchev–Trinajstić information content (AvgIpc) is 3.43. The SMILES string of the molecule is C=C(Br)/C=C\c1oc2cccc(-c3nc(-c4cccc(-c5ccccc5)c4)nc(-c4cccc(-c5ccccc5)c4)n3)c2c1C.